The van der Waals surface area contributed by atoms with Gasteiger partial charge in [0.1, 0.15) is 11.9 Å². The van der Waals surface area contributed by atoms with Crippen LogP contribution in [0.25, 0.3) is 33.3 Å². The number of aromatic nitrogens is 2. The maximum absolute atomic E-state index is 13.8. The van der Waals surface area contributed by atoms with E-state index in [0.29, 0.717) is 24.3 Å². The number of aromatic amines is 1. The number of amides is 2. The molecule has 0 radical (unpaired) electrons. The van der Waals surface area contributed by atoms with E-state index in [2.05, 4.69) is 80.5 Å². The van der Waals surface area contributed by atoms with E-state index in [1.165, 1.54) is 72.5 Å². The average Bonchev–Trinajstić information content (AvgIpc) is 4.01. The van der Waals surface area contributed by atoms with Gasteiger partial charge in [-0.2, -0.15) is 0 Å². The van der Waals surface area contributed by atoms with Crippen molar-refractivity contribution in [3.05, 3.63) is 70.5 Å². The highest BCUT2D eigenvalue weighted by Crippen LogP contribution is 2.59. The Hall–Kier alpha value is -4.15. The van der Waals surface area contributed by atoms with Gasteiger partial charge in [-0.25, -0.2) is 9.78 Å². The summed E-state index contributed by atoms with van der Waals surface area (Å²) in [5, 5.41) is 2.76. The van der Waals surface area contributed by atoms with Crippen molar-refractivity contribution < 1.29 is 23.6 Å². The van der Waals surface area contributed by atoms with Crippen LogP contribution in [0.2, 0.25) is 0 Å². The molecule has 6 aliphatic rings. The van der Waals surface area contributed by atoms with E-state index in [1.54, 1.807) is 16.7 Å². The second-order valence-corrected chi connectivity index (χ2v) is 18.9. The van der Waals surface area contributed by atoms with Crippen LogP contribution in [0.3, 0.4) is 0 Å². The van der Waals surface area contributed by atoms with E-state index in [0.717, 1.165) is 42.0 Å². The van der Waals surface area contributed by atoms with Crippen LogP contribution in [0.1, 0.15) is 138 Å². The predicted octanol–water partition coefficient (Wildman–Crippen LogP) is 8.65. The quantitative estimate of drug-likeness (QED) is 0.183. The summed E-state index contributed by atoms with van der Waals surface area (Å²) in [6.07, 6.45) is 8.58. The number of likely N-dealkylation sites (tertiary alicyclic amines) is 1. The molecular weight excluding hydrogens is 699 g/mol. The van der Waals surface area contributed by atoms with Crippen LogP contribution in [0.15, 0.2) is 42.5 Å². The van der Waals surface area contributed by atoms with Crippen molar-refractivity contribution in [2.75, 3.05) is 13.7 Å². The number of ether oxygens (including phenoxy) is 1. The van der Waals surface area contributed by atoms with Crippen molar-refractivity contribution in [1.82, 2.24) is 20.2 Å². The first kappa shape index (κ1) is 36.2. The number of nitrogens with zero attached hydrogens (tertiary/aromatic N) is 2. The number of benzene rings is 3. The van der Waals surface area contributed by atoms with Gasteiger partial charge in [0, 0.05) is 6.54 Å². The molecule has 56 heavy (non-hydrogen) atoms. The first-order valence-electron chi connectivity index (χ1n) is 21.2. The van der Waals surface area contributed by atoms with Crippen molar-refractivity contribution in [2.45, 2.75) is 134 Å². The fourth-order valence-electron chi connectivity index (χ4n) is 11.3. The molecule has 3 heterocycles. The lowest BCUT2D eigenvalue weighted by molar-refractivity contribution is -0.135. The molecule has 2 aliphatic heterocycles. The topological polar surface area (TPSA) is 106 Å². The van der Waals surface area contributed by atoms with Gasteiger partial charge in [0.2, 0.25) is 5.91 Å². The van der Waals surface area contributed by atoms with Crippen molar-refractivity contribution in [3.8, 4) is 22.3 Å². The van der Waals surface area contributed by atoms with Gasteiger partial charge in [0.05, 0.1) is 35.4 Å². The normalized spacial score (nSPS) is 27.0. The third kappa shape index (κ3) is 5.44. The molecule has 4 aliphatic carbocycles. The molecule has 4 unspecified atom stereocenters. The van der Waals surface area contributed by atoms with Crippen LogP contribution in [-0.4, -0.2) is 64.9 Å². The van der Waals surface area contributed by atoms with Crippen LogP contribution in [-0.2, 0) is 25.3 Å². The summed E-state index contributed by atoms with van der Waals surface area (Å²) < 4.78 is 18.1. The molecular formula is C46H55BN4O5. The summed E-state index contributed by atoms with van der Waals surface area (Å²) in [5.74, 6) is 3.13. The third-order valence-electron chi connectivity index (χ3n) is 15.0. The van der Waals surface area contributed by atoms with Gasteiger partial charge in [-0.1, -0.05) is 44.2 Å². The number of hydrogen-bond acceptors (Lipinski definition) is 6. The Balaban J connectivity index is 0.998. The molecule has 10 rings (SSSR count). The second kappa shape index (κ2) is 12.9. The number of H-pyrrole nitrogens is 1. The fourth-order valence-corrected chi connectivity index (χ4v) is 11.3. The Morgan fingerprint density at radius 1 is 0.911 bits per heavy atom. The van der Waals surface area contributed by atoms with E-state index < -0.39 is 12.1 Å². The molecule has 9 nitrogen and oxygen atoms in total. The number of alkyl carbamates (subject to hydrolysis) is 1. The van der Waals surface area contributed by atoms with E-state index in [9.17, 15) is 9.59 Å². The minimum atomic E-state index is -0.663. The molecule has 2 saturated carbocycles. The lowest BCUT2D eigenvalue weighted by atomic mass is 9.69. The smallest absolute Gasteiger partial charge is 0.453 e. The Labute approximate surface area is 330 Å². The lowest BCUT2D eigenvalue weighted by Gasteiger charge is -2.32. The van der Waals surface area contributed by atoms with Gasteiger partial charge in [-0.15, -0.1) is 0 Å². The number of methoxy groups -OCH3 is 1. The Bertz CT molecular complexity index is 2260. The highest BCUT2D eigenvalue weighted by Gasteiger charge is 2.54. The Morgan fingerprint density at radius 2 is 1.64 bits per heavy atom. The zero-order valence-corrected chi connectivity index (χ0v) is 34.0. The molecule has 10 heteroatoms. The van der Waals surface area contributed by atoms with Crippen LogP contribution < -0.4 is 10.8 Å². The summed E-state index contributed by atoms with van der Waals surface area (Å²) in [5.41, 5.74) is 14.0. The van der Waals surface area contributed by atoms with Gasteiger partial charge in [0.25, 0.3) is 0 Å². The van der Waals surface area contributed by atoms with Gasteiger partial charge in [-0.05, 0) is 171 Å². The van der Waals surface area contributed by atoms with Crippen LogP contribution in [0.4, 0.5) is 4.79 Å². The predicted molar refractivity (Wildman–Crippen MR) is 219 cm³/mol. The number of hydrogen-bond donors (Lipinski definition) is 2. The van der Waals surface area contributed by atoms with Crippen LogP contribution in [0, 0.1) is 11.8 Å². The SMILES string of the molecule is COC(=O)N[C@H](C(=O)N1CCC[C@H]1c1nc2ccc(-c3ccc(-c4ccc(B5OC(C)(C)C(C)(C)O5)c5c4C4CCC5C4)c4c3C3CCC3C4)cc2[nH]1)C(C)C. The average molecular weight is 755 g/mol. The number of fused-ring (bicyclic) bond motifs is 9. The van der Waals surface area contributed by atoms with Crippen molar-refractivity contribution >= 4 is 35.6 Å². The molecule has 1 aromatic heterocycles. The highest BCUT2D eigenvalue weighted by atomic mass is 16.7. The molecule has 3 aromatic carbocycles. The maximum atomic E-state index is 13.8. The Morgan fingerprint density at radius 3 is 2.36 bits per heavy atom. The summed E-state index contributed by atoms with van der Waals surface area (Å²) in [6, 6.07) is 15.3. The number of carbonyl (C=O) groups excluding carboxylic acids is 2. The van der Waals surface area contributed by atoms with Gasteiger partial charge in [0.15, 0.2) is 0 Å². The Kier molecular flexibility index (Phi) is 8.36. The molecule has 2 N–H and O–H groups in total. The minimum absolute atomic E-state index is 0.0822. The molecule has 4 fully saturated rings. The van der Waals surface area contributed by atoms with Crippen molar-refractivity contribution in [3.63, 3.8) is 0 Å². The fraction of sp³-hybridized carbons (Fsp3) is 0.543. The van der Waals surface area contributed by atoms with Crippen LogP contribution in [0.5, 0.6) is 0 Å². The molecule has 2 amide bonds. The van der Waals surface area contributed by atoms with E-state index in [1.807, 2.05) is 18.7 Å². The van der Waals surface area contributed by atoms with Crippen LogP contribution >= 0.6 is 0 Å². The second-order valence-electron chi connectivity index (χ2n) is 18.9. The van der Waals surface area contributed by atoms with E-state index >= 15 is 0 Å². The zero-order chi connectivity index (χ0) is 38.8. The van der Waals surface area contributed by atoms with Gasteiger partial charge >= 0.3 is 13.2 Å². The summed E-state index contributed by atoms with van der Waals surface area (Å²) in [6.45, 7) is 13.1. The molecule has 0 spiro atoms. The molecule has 2 bridgehead atoms. The van der Waals surface area contributed by atoms with Crippen molar-refractivity contribution in [1.29, 1.82) is 0 Å². The van der Waals surface area contributed by atoms with E-state index in [-0.39, 0.29) is 36.2 Å². The largest absolute Gasteiger partial charge is 0.495 e. The van der Waals surface area contributed by atoms with Crippen molar-refractivity contribution in [2.24, 2.45) is 11.8 Å². The monoisotopic (exact) mass is 754 g/mol. The lowest BCUT2D eigenvalue weighted by Crippen LogP contribution is -2.51. The number of imidazole rings is 1. The summed E-state index contributed by atoms with van der Waals surface area (Å²) in [7, 11) is 0.990. The number of nitrogens with one attached hydrogen (secondary N) is 2. The highest BCUT2D eigenvalue weighted by molar-refractivity contribution is 6.62. The molecule has 292 valence electrons. The molecule has 2 saturated heterocycles. The van der Waals surface area contributed by atoms with E-state index in [4.69, 9.17) is 19.0 Å². The number of rotatable bonds is 7. The first-order valence-corrected chi connectivity index (χ1v) is 21.2. The minimum Gasteiger partial charge on any atom is -0.453 e. The zero-order valence-electron chi connectivity index (χ0n) is 34.0. The van der Waals surface area contributed by atoms with Gasteiger partial charge in [-0.3, -0.25) is 4.79 Å². The van der Waals surface area contributed by atoms with Gasteiger partial charge < -0.3 is 29.2 Å². The molecule has 6 atom stereocenters. The summed E-state index contributed by atoms with van der Waals surface area (Å²) in [4.78, 5) is 36.5. The third-order valence-corrected chi connectivity index (χ3v) is 15.0. The first-order chi connectivity index (χ1) is 26.8. The molecule has 4 aromatic rings. The number of carbonyl (C=O) groups is 2. The maximum Gasteiger partial charge on any atom is 0.495 e. The standard InChI is InChI=1S/C46H55BN4O5/c1-24(2)41(50-44(53)54-7)43(52)51-20-8-9-37(51)42-48-35-19-13-26(23-36(35)49-42)30-15-16-31(33-22-25-12-14-29(25)40(30)33)32-17-18-34(39-28-11-10-27(21-28)38(32)39)47-55-45(3,4)46(5,6)56-47/h13,15-19,23-25,27-29,37,41H,8-12,14,20-22H2,1-7H3,(H,48,49)(H,50,53)/t25?,27?,28?,29?,37-,41-/m0/s1. The summed E-state index contributed by atoms with van der Waals surface area (Å²) >= 11 is 0.